The summed E-state index contributed by atoms with van der Waals surface area (Å²) in [4.78, 5) is 15.4. The summed E-state index contributed by atoms with van der Waals surface area (Å²) in [7, 11) is 1.79. The van der Waals surface area contributed by atoms with E-state index in [0.717, 1.165) is 0 Å². The molecule has 0 aliphatic carbocycles. The van der Waals surface area contributed by atoms with Crippen molar-refractivity contribution in [2.45, 2.75) is 13.3 Å². The molecule has 0 aliphatic heterocycles. The van der Waals surface area contributed by atoms with Gasteiger partial charge in [0.1, 0.15) is 11.6 Å². The van der Waals surface area contributed by atoms with Crippen LogP contribution in [0.1, 0.15) is 23.8 Å². The number of hydrogen-bond acceptors (Lipinski definition) is 3. The molecule has 0 aromatic carbocycles. The molecule has 1 aromatic heterocycles. The maximum absolute atomic E-state index is 11.5. The van der Waals surface area contributed by atoms with Crippen LogP contribution in [-0.2, 0) is 7.05 Å². The van der Waals surface area contributed by atoms with E-state index in [1.54, 1.807) is 24.1 Å². The van der Waals surface area contributed by atoms with Crippen LogP contribution in [0, 0.1) is 17.2 Å². The third-order valence-corrected chi connectivity index (χ3v) is 1.84. The summed E-state index contributed by atoms with van der Waals surface area (Å²) < 4.78 is 1.69. The Morgan fingerprint density at radius 2 is 2.54 bits per heavy atom. The number of aryl methyl sites for hydroxylation is 1. The number of carbonyl (C=O) groups excluding carboxylic acids is 1. The molecule has 1 aromatic rings. The number of imidazole rings is 1. The molecule has 0 fully saturated rings. The van der Waals surface area contributed by atoms with E-state index in [2.05, 4.69) is 4.98 Å². The Labute approximate surface area is 76.8 Å². The zero-order valence-corrected chi connectivity index (χ0v) is 7.69. The Kier molecular flexibility index (Phi) is 2.80. The second-order valence-corrected chi connectivity index (χ2v) is 2.88. The van der Waals surface area contributed by atoms with E-state index < -0.39 is 5.92 Å². The van der Waals surface area contributed by atoms with Crippen LogP contribution < -0.4 is 0 Å². The standard InChI is InChI=1S/C9H11N3O/c1-3-7(4-10)9(13)8-5-12(2)6-11-8/h5-7H,3H2,1-2H3. The summed E-state index contributed by atoms with van der Waals surface area (Å²) in [6, 6.07) is 1.96. The van der Waals surface area contributed by atoms with E-state index >= 15 is 0 Å². The lowest BCUT2D eigenvalue weighted by atomic mass is 10.0. The van der Waals surface area contributed by atoms with E-state index in [0.29, 0.717) is 12.1 Å². The summed E-state index contributed by atoms with van der Waals surface area (Å²) in [5.74, 6) is -0.750. The average Bonchev–Trinajstić information content (AvgIpc) is 2.54. The minimum atomic E-state index is -0.560. The van der Waals surface area contributed by atoms with Crippen molar-refractivity contribution in [3.05, 3.63) is 18.2 Å². The predicted octanol–water partition coefficient (Wildman–Crippen LogP) is 1.15. The molecule has 4 nitrogen and oxygen atoms in total. The topological polar surface area (TPSA) is 58.7 Å². The lowest BCUT2D eigenvalue weighted by molar-refractivity contribution is 0.0942. The molecule has 1 atom stereocenters. The fraction of sp³-hybridized carbons (Fsp3) is 0.444. The van der Waals surface area contributed by atoms with Gasteiger partial charge in [0.15, 0.2) is 5.78 Å². The van der Waals surface area contributed by atoms with Gasteiger partial charge in [0.25, 0.3) is 0 Å². The van der Waals surface area contributed by atoms with Gasteiger partial charge in [0.05, 0.1) is 12.4 Å². The highest BCUT2D eigenvalue weighted by Gasteiger charge is 2.19. The van der Waals surface area contributed by atoms with Crippen molar-refractivity contribution in [1.82, 2.24) is 9.55 Å². The molecule has 0 bridgehead atoms. The highest BCUT2D eigenvalue weighted by molar-refractivity contribution is 5.97. The normalized spacial score (nSPS) is 12.1. The van der Waals surface area contributed by atoms with Gasteiger partial charge in [-0.25, -0.2) is 4.98 Å². The van der Waals surface area contributed by atoms with Crippen molar-refractivity contribution in [2.75, 3.05) is 0 Å². The number of carbonyl (C=O) groups is 1. The van der Waals surface area contributed by atoms with Gasteiger partial charge in [-0.2, -0.15) is 5.26 Å². The number of Topliss-reactive ketones (excluding diaryl/α,β-unsaturated/α-hetero) is 1. The molecule has 68 valence electrons. The van der Waals surface area contributed by atoms with Crippen LogP contribution in [0.4, 0.5) is 0 Å². The lowest BCUT2D eigenvalue weighted by Gasteiger charge is -2.00. The molecule has 0 aliphatic rings. The third kappa shape index (κ3) is 1.94. The number of aromatic nitrogens is 2. The van der Waals surface area contributed by atoms with E-state index in [9.17, 15) is 4.79 Å². The van der Waals surface area contributed by atoms with Crippen molar-refractivity contribution in [1.29, 1.82) is 5.26 Å². The molecule has 0 saturated carbocycles. The zero-order chi connectivity index (χ0) is 9.84. The first kappa shape index (κ1) is 9.46. The SMILES string of the molecule is CCC(C#N)C(=O)c1cn(C)cn1. The van der Waals surface area contributed by atoms with Crippen molar-refractivity contribution < 1.29 is 4.79 Å². The molecule has 0 N–H and O–H groups in total. The van der Waals surface area contributed by atoms with Gasteiger partial charge < -0.3 is 4.57 Å². The average molecular weight is 177 g/mol. The highest BCUT2D eigenvalue weighted by Crippen LogP contribution is 2.09. The van der Waals surface area contributed by atoms with Crippen LogP contribution in [0.2, 0.25) is 0 Å². The minimum absolute atomic E-state index is 0.189. The Morgan fingerprint density at radius 3 is 2.92 bits per heavy atom. The van der Waals surface area contributed by atoms with Crippen LogP contribution >= 0.6 is 0 Å². The molecule has 1 heterocycles. The van der Waals surface area contributed by atoms with E-state index in [-0.39, 0.29) is 5.78 Å². The molecular weight excluding hydrogens is 166 g/mol. The van der Waals surface area contributed by atoms with Gasteiger partial charge in [0, 0.05) is 13.2 Å². The van der Waals surface area contributed by atoms with Crippen molar-refractivity contribution in [2.24, 2.45) is 13.0 Å². The monoisotopic (exact) mass is 177 g/mol. The Balaban J connectivity index is 2.85. The Bertz CT molecular complexity index is 348. The first-order chi connectivity index (χ1) is 6.19. The van der Waals surface area contributed by atoms with Crippen LogP contribution in [0.3, 0.4) is 0 Å². The van der Waals surface area contributed by atoms with Crippen LogP contribution in [0.15, 0.2) is 12.5 Å². The van der Waals surface area contributed by atoms with E-state index in [1.165, 1.54) is 0 Å². The molecule has 1 rings (SSSR count). The summed E-state index contributed by atoms with van der Waals surface area (Å²) in [5, 5.41) is 8.66. The summed E-state index contributed by atoms with van der Waals surface area (Å²) in [6.45, 7) is 1.81. The molecule has 0 spiro atoms. The number of nitrogens with zero attached hydrogens (tertiary/aromatic N) is 3. The van der Waals surface area contributed by atoms with Crippen molar-refractivity contribution >= 4 is 5.78 Å². The first-order valence-corrected chi connectivity index (χ1v) is 4.10. The van der Waals surface area contributed by atoms with Crippen molar-refractivity contribution in [3.63, 3.8) is 0 Å². The summed E-state index contributed by atoms with van der Waals surface area (Å²) in [5.41, 5.74) is 0.371. The summed E-state index contributed by atoms with van der Waals surface area (Å²) in [6.07, 6.45) is 3.71. The molecule has 0 amide bonds. The number of nitriles is 1. The predicted molar refractivity (Wildman–Crippen MR) is 46.9 cm³/mol. The fourth-order valence-corrected chi connectivity index (χ4v) is 1.05. The lowest BCUT2D eigenvalue weighted by Crippen LogP contribution is -2.12. The largest absolute Gasteiger partial charge is 0.340 e. The highest BCUT2D eigenvalue weighted by atomic mass is 16.1. The van der Waals surface area contributed by atoms with Gasteiger partial charge in [-0.05, 0) is 6.42 Å². The molecular formula is C9H11N3O. The number of ketones is 1. The Hall–Kier alpha value is -1.63. The molecule has 1 unspecified atom stereocenters. The van der Waals surface area contributed by atoms with Gasteiger partial charge in [-0.15, -0.1) is 0 Å². The third-order valence-electron chi connectivity index (χ3n) is 1.84. The first-order valence-electron chi connectivity index (χ1n) is 4.10. The van der Waals surface area contributed by atoms with Crippen LogP contribution in [0.25, 0.3) is 0 Å². The van der Waals surface area contributed by atoms with Crippen LogP contribution in [0.5, 0.6) is 0 Å². The molecule has 4 heteroatoms. The zero-order valence-electron chi connectivity index (χ0n) is 7.69. The quantitative estimate of drug-likeness (QED) is 0.651. The van der Waals surface area contributed by atoms with Gasteiger partial charge in [-0.1, -0.05) is 6.92 Å². The van der Waals surface area contributed by atoms with Gasteiger partial charge in [-0.3, -0.25) is 4.79 Å². The van der Waals surface area contributed by atoms with E-state index in [4.69, 9.17) is 5.26 Å². The van der Waals surface area contributed by atoms with Gasteiger partial charge in [0.2, 0.25) is 0 Å². The smallest absolute Gasteiger partial charge is 0.199 e. The van der Waals surface area contributed by atoms with Crippen LogP contribution in [-0.4, -0.2) is 15.3 Å². The second kappa shape index (κ2) is 3.85. The summed E-state index contributed by atoms with van der Waals surface area (Å²) >= 11 is 0. The van der Waals surface area contributed by atoms with Gasteiger partial charge >= 0.3 is 0 Å². The maximum atomic E-state index is 11.5. The number of rotatable bonds is 3. The Morgan fingerprint density at radius 1 is 1.85 bits per heavy atom. The minimum Gasteiger partial charge on any atom is -0.340 e. The molecule has 0 radical (unpaired) electrons. The number of hydrogen-bond donors (Lipinski definition) is 0. The van der Waals surface area contributed by atoms with Crippen molar-refractivity contribution in [3.8, 4) is 6.07 Å². The maximum Gasteiger partial charge on any atom is 0.199 e. The second-order valence-electron chi connectivity index (χ2n) is 2.88. The molecule has 0 saturated heterocycles. The van der Waals surface area contributed by atoms with E-state index in [1.807, 2.05) is 13.0 Å². The molecule has 13 heavy (non-hydrogen) atoms. The fourth-order valence-electron chi connectivity index (χ4n) is 1.05.